The molecule has 0 amide bonds. The van der Waals surface area contributed by atoms with E-state index in [0.29, 0.717) is 27.4 Å². The van der Waals surface area contributed by atoms with Gasteiger partial charge in [-0.2, -0.15) is 5.26 Å². The van der Waals surface area contributed by atoms with Crippen molar-refractivity contribution in [1.82, 2.24) is 9.97 Å². The van der Waals surface area contributed by atoms with Gasteiger partial charge < -0.3 is 9.64 Å². The van der Waals surface area contributed by atoms with Crippen molar-refractivity contribution in [3.05, 3.63) is 71.4 Å². The van der Waals surface area contributed by atoms with E-state index in [-0.39, 0.29) is 11.1 Å². The summed E-state index contributed by atoms with van der Waals surface area (Å²) in [7, 11) is -1.51. The number of hydrogen-bond donors (Lipinski definition) is 0. The van der Waals surface area contributed by atoms with Gasteiger partial charge in [-0.15, -0.1) is 0 Å². The van der Waals surface area contributed by atoms with Gasteiger partial charge in [0.25, 0.3) is 0 Å². The van der Waals surface area contributed by atoms with Gasteiger partial charge in [0.1, 0.15) is 6.07 Å². The van der Waals surface area contributed by atoms with Crippen LogP contribution in [-0.4, -0.2) is 37.8 Å². The second-order valence-corrected chi connectivity index (χ2v) is 10.9. The van der Waals surface area contributed by atoms with E-state index < -0.39 is 9.84 Å². The molecule has 4 aromatic rings. The van der Waals surface area contributed by atoms with Crippen LogP contribution in [0.15, 0.2) is 65.8 Å². The predicted octanol–water partition coefficient (Wildman–Crippen LogP) is 5.53. The van der Waals surface area contributed by atoms with E-state index in [1.807, 2.05) is 48.3 Å². The van der Waals surface area contributed by atoms with E-state index >= 15 is 0 Å². The van der Waals surface area contributed by atoms with Crippen LogP contribution in [0.1, 0.15) is 18.4 Å². The third-order valence-electron chi connectivity index (χ3n) is 5.83. The predicted molar refractivity (Wildman–Crippen MR) is 136 cm³/mol. The molecule has 0 aliphatic heterocycles. The Hall–Kier alpha value is -3.67. The molecule has 1 heterocycles. The Morgan fingerprint density at radius 2 is 1.74 bits per heavy atom. The zero-order valence-corrected chi connectivity index (χ0v) is 20.6. The SMILES string of the molecule is CN(c1ccc(-c2ccc3nc(S(C)(=O)=O)cnc3c2)cc1)c1cc(Cl)c(OC2CC2)c(C#N)c1. The molecule has 1 aliphatic carbocycles. The molecule has 0 N–H and O–H groups in total. The summed E-state index contributed by atoms with van der Waals surface area (Å²) in [4.78, 5) is 10.4. The summed E-state index contributed by atoms with van der Waals surface area (Å²) in [6.45, 7) is 0. The van der Waals surface area contributed by atoms with Crippen molar-refractivity contribution >= 4 is 43.8 Å². The molecule has 0 radical (unpaired) electrons. The standard InChI is InChI=1S/C26H21ClN4O3S/c1-31(20-11-18(14-28)26(22(27)13-20)34-21-8-9-21)19-6-3-16(4-7-19)17-5-10-23-24(12-17)29-15-25(30-23)35(2,32)33/h3-7,10-13,15,21H,8-9H2,1-2H3. The van der Waals surface area contributed by atoms with Crippen LogP contribution >= 0.6 is 11.6 Å². The van der Waals surface area contributed by atoms with Gasteiger partial charge in [-0.3, -0.25) is 4.98 Å². The fourth-order valence-electron chi connectivity index (χ4n) is 3.71. The van der Waals surface area contributed by atoms with Crippen LogP contribution in [0.5, 0.6) is 5.75 Å². The number of halogens is 1. The lowest BCUT2D eigenvalue weighted by Crippen LogP contribution is -2.10. The van der Waals surface area contributed by atoms with E-state index in [0.717, 1.165) is 41.6 Å². The zero-order chi connectivity index (χ0) is 24.7. The minimum atomic E-state index is -3.42. The number of hydrogen-bond acceptors (Lipinski definition) is 7. The van der Waals surface area contributed by atoms with E-state index in [4.69, 9.17) is 16.3 Å². The number of rotatable bonds is 6. The Morgan fingerprint density at radius 3 is 2.40 bits per heavy atom. The second-order valence-electron chi connectivity index (χ2n) is 8.52. The van der Waals surface area contributed by atoms with Gasteiger partial charge >= 0.3 is 0 Å². The summed E-state index contributed by atoms with van der Waals surface area (Å²) in [6, 6.07) is 19.3. The topological polar surface area (TPSA) is 96.2 Å². The van der Waals surface area contributed by atoms with Gasteiger partial charge in [-0.05, 0) is 60.4 Å². The van der Waals surface area contributed by atoms with Crippen LogP contribution in [0.4, 0.5) is 11.4 Å². The molecular weight excluding hydrogens is 484 g/mol. The van der Waals surface area contributed by atoms with Crippen LogP contribution in [-0.2, 0) is 9.84 Å². The van der Waals surface area contributed by atoms with Crippen molar-refractivity contribution in [3.63, 3.8) is 0 Å². The highest BCUT2D eigenvalue weighted by Gasteiger charge is 2.26. The van der Waals surface area contributed by atoms with E-state index in [1.165, 1.54) is 6.20 Å². The van der Waals surface area contributed by atoms with Crippen molar-refractivity contribution < 1.29 is 13.2 Å². The molecular formula is C26H21ClN4O3S. The quantitative estimate of drug-likeness (QED) is 0.340. The maximum Gasteiger partial charge on any atom is 0.194 e. The minimum Gasteiger partial charge on any atom is -0.487 e. The average Bonchev–Trinajstić information content (AvgIpc) is 3.68. The van der Waals surface area contributed by atoms with Crippen LogP contribution in [0.25, 0.3) is 22.2 Å². The third kappa shape index (κ3) is 4.78. The highest BCUT2D eigenvalue weighted by atomic mass is 35.5. The first-order chi connectivity index (χ1) is 16.7. The van der Waals surface area contributed by atoms with Crippen molar-refractivity contribution in [3.8, 4) is 22.9 Å². The van der Waals surface area contributed by atoms with Crippen LogP contribution in [0, 0.1) is 11.3 Å². The molecule has 7 nitrogen and oxygen atoms in total. The number of anilines is 2. The highest BCUT2D eigenvalue weighted by molar-refractivity contribution is 7.90. The summed E-state index contributed by atoms with van der Waals surface area (Å²) in [5, 5.41) is 9.98. The average molecular weight is 505 g/mol. The van der Waals surface area contributed by atoms with Gasteiger partial charge in [0.2, 0.25) is 0 Å². The molecule has 1 fully saturated rings. The van der Waals surface area contributed by atoms with Gasteiger partial charge in [0, 0.05) is 24.7 Å². The van der Waals surface area contributed by atoms with Crippen LogP contribution < -0.4 is 9.64 Å². The summed E-state index contributed by atoms with van der Waals surface area (Å²) in [6.07, 6.45) is 4.52. The normalized spacial score (nSPS) is 13.4. The second kappa shape index (κ2) is 8.84. The minimum absolute atomic E-state index is 0.0445. The van der Waals surface area contributed by atoms with Crippen molar-refractivity contribution in [1.29, 1.82) is 5.26 Å². The Balaban J connectivity index is 1.41. The molecule has 0 bridgehead atoms. The Labute approximate surface area is 208 Å². The maximum absolute atomic E-state index is 11.7. The smallest absolute Gasteiger partial charge is 0.194 e. The fourth-order valence-corrected chi connectivity index (χ4v) is 4.47. The molecule has 1 aromatic heterocycles. The molecule has 176 valence electrons. The zero-order valence-electron chi connectivity index (χ0n) is 19.1. The van der Waals surface area contributed by atoms with E-state index in [2.05, 4.69) is 16.0 Å². The number of nitrogens with zero attached hydrogens (tertiary/aromatic N) is 4. The fraction of sp³-hybridized carbons (Fsp3) is 0.192. The molecule has 1 saturated carbocycles. The Morgan fingerprint density at radius 1 is 1.03 bits per heavy atom. The molecule has 3 aromatic carbocycles. The molecule has 5 rings (SSSR count). The molecule has 1 aliphatic rings. The monoisotopic (exact) mass is 504 g/mol. The molecule has 9 heteroatoms. The number of fused-ring (bicyclic) bond motifs is 1. The van der Waals surface area contributed by atoms with Crippen molar-refractivity contribution in [2.24, 2.45) is 0 Å². The summed E-state index contributed by atoms with van der Waals surface area (Å²) in [5.41, 5.74) is 5.16. The number of ether oxygens (including phenoxy) is 1. The first kappa shape index (κ1) is 23.1. The maximum atomic E-state index is 11.7. The van der Waals surface area contributed by atoms with E-state index in [9.17, 15) is 13.7 Å². The number of sulfone groups is 1. The number of benzene rings is 3. The third-order valence-corrected chi connectivity index (χ3v) is 7.07. The van der Waals surface area contributed by atoms with Gasteiger partial charge in [0.15, 0.2) is 20.6 Å². The number of aromatic nitrogens is 2. The summed E-state index contributed by atoms with van der Waals surface area (Å²) >= 11 is 6.46. The number of nitriles is 1. The van der Waals surface area contributed by atoms with Crippen molar-refractivity contribution in [2.45, 2.75) is 24.0 Å². The lowest BCUT2D eigenvalue weighted by molar-refractivity contribution is 0.302. The summed E-state index contributed by atoms with van der Waals surface area (Å²) < 4.78 is 29.3. The van der Waals surface area contributed by atoms with Crippen LogP contribution in [0.2, 0.25) is 5.02 Å². The van der Waals surface area contributed by atoms with Gasteiger partial charge in [-0.1, -0.05) is 29.8 Å². The first-order valence-corrected chi connectivity index (χ1v) is 13.2. The molecule has 0 atom stereocenters. The molecule has 35 heavy (non-hydrogen) atoms. The molecule has 0 unspecified atom stereocenters. The van der Waals surface area contributed by atoms with Crippen LogP contribution in [0.3, 0.4) is 0 Å². The lowest BCUT2D eigenvalue weighted by atomic mass is 10.0. The van der Waals surface area contributed by atoms with E-state index in [1.54, 1.807) is 18.2 Å². The largest absolute Gasteiger partial charge is 0.487 e. The highest BCUT2D eigenvalue weighted by Crippen LogP contribution is 2.39. The molecule has 0 spiro atoms. The van der Waals surface area contributed by atoms with Gasteiger partial charge in [-0.25, -0.2) is 13.4 Å². The summed E-state index contributed by atoms with van der Waals surface area (Å²) in [5.74, 6) is 0.451. The first-order valence-electron chi connectivity index (χ1n) is 10.9. The Bertz CT molecular complexity index is 1590. The lowest BCUT2D eigenvalue weighted by Gasteiger charge is -2.21. The molecule has 0 saturated heterocycles. The van der Waals surface area contributed by atoms with Crippen molar-refractivity contribution in [2.75, 3.05) is 18.2 Å². The Kier molecular flexibility index (Phi) is 5.83. The van der Waals surface area contributed by atoms with Gasteiger partial charge in [0.05, 0.1) is 33.9 Å².